The zero-order chi connectivity index (χ0) is 16.4. The van der Waals surface area contributed by atoms with Crippen LogP contribution in [-0.4, -0.2) is 26.6 Å². The number of amidine groups is 1. The van der Waals surface area contributed by atoms with E-state index in [1.807, 2.05) is 31.2 Å². The summed E-state index contributed by atoms with van der Waals surface area (Å²) < 4.78 is 2.79. The Kier molecular flexibility index (Phi) is 4.35. The Bertz CT molecular complexity index is 744. The summed E-state index contributed by atoms with van der Waals surface area (Å²) in [5.74, 6) is 0.387. The van der Waals surface area contributed by atoms with E-state index < -0.39 is 0 Å². The first-order chi connectivity index (χ1) is 11.0. The van der Waals surface area contributed by atoms with Crippen LogP contribution < -0.4 is 0 Å². The van der Waals surface area contributed by atoms with Gasteiger partial charge in [0.1, 0.15) is 11.4 Å². The smallest absolute Gasteiger partial charge is 0.369 e. The number of hydrogen-bond donors (Lipinski definition) is 1. The van der Waals surface area contributed by atoms with Crippen molar-refractivity contribution in [3.05, 3.63) is 52.3 Å². The van der Waals surface area contributed by atoms with Gasteiger partial charge in [-0.2, -0.15) is 5.10 Å². The van der Waals surface area contributed by atoms with Crippen LogP contribution in [0, 0.1) is 5.41 Å². The lowest BCUT2D eigenvalue weighted by Gasteiger charge is -2.40. The Labute approximate surface area is 143 Å². The van der Waals surface area contributed by atoms with Gasteiger partial charge in [0.05, 0.1) is 11.6 Å². The Balaban J connectivity index is 1.88. The molecule has 0 bridgehead atoms. The van der Waals surface area contributed by atoms with Crippen molar-refractivity contribution in [3.63, 3.8) is 0 Å². The number of aromatic nitrogens is 2. The molecule has 6 heteroatoms. The molecular formula is C17H20BrN4O+. The van der Waals surface area contributed by atoms with Crippen LogP contribution in [0.3, 0.4) is 0 Å². The summed E-state index contributed by atoms with van der Waals surface area (Å²) in [6, 6.07) is 8.09. The molecule has 2 aromatic rings. The van der Waals surface area contributed by atoms with E-state index in [9.17, 15) is 0 Å². The second-order valence-corrected chi connectivity index (χ2v) is 6.75. The minimum atomic E-state index is -0.340. The molecule has 0 unspecified atom stereocenters. The highest BCUT2D eigenvalue weighted by atomic mass is 79.9. The molecule has 23 heavy (non-hydrogen) atoms. The van der Waals surface area contributed by atoms with Gasteiger partial charge in [0.15, 0.2) is 0 Å². The fourth-order valence-electron chi connectivity index (χ4n) is 2.90. The van der Waals surface area contributed by atoms with Crippen molar-refractivity contribution in [2.45, 2.75) is 38.1 Å². The first-order valence-electron chi connectivity index (χ1n) is 7.73. The van der Waals surface area contributed by atoms with Crippen LogP contribution in [0.2, 0.25) is 0 Å². The van der Waals surface area contributed by atoms with Gasteiger partial charge in [-0.05, 0) is 37.5 Å². The van der Waals surface area contributed by atoms with Crippen molar-refractivity contribution in [2.75, 3.05) is 0 Å². The highest BCUT2D eigenvalue weighted by Crippen LogP contribution is 2.45. The summed E-state index contributed by atoms with van der Waals surface area (Å²) in [5, 5.41) is 20.8. The fourth-order valence-corrected chi connectivity index (χ4v) is 3.17. The van der Waals surface area contributed by atoms with Crippen molar-refractivity contribution in [2.24, 2.45) is 4.99 Å². The van der Waals surface area contributed by atoms with E-state index in [2.05, 4.69) is 26.0 Å². The predicted molar refractivity (Wildman–Crippen MR) is 95.4 cm³/mol. The molecule has 3 rings (SSSR count). The van der Waals surface area contributed by atoms with Gasteiger partial charge in [-0.15, -0.1) is 4.99 Å². The topological polar surface area (TPSA) is 76.9 Å². The van der Waals surface area contributed by atoms with Crippen LogP contribution in [-0.2, 0) is 12.0 Å². The highest BCUT2D eigenvalue weighted by molar-refractivity contribution is 9.10. The third-order valence-corrected chi connectivity index (χ3v) is 5.04. The molecule has 1 aromatic carbocycles. The predicted octanol–water partition coefficient (Wildman–Crippen LogP) is 3.24. The summed E-state index contributed by atoms with van der Waals surface area (Å²) in [5.41, 5.74) is 1.42. The molecule has 1 aromatic heterocycles. The largest absolute Gasteiger partial charge is 0.578 e. The zero-order valence-corrected chi connectivity index (χ0v) is 14.6. The van der Waals surface area contributed by atoms with Crippen LogP contribution >= 0.6 is 15.9 Å². The summed E-state index contributed by atoms with van der Waals surface area (Å²) in [4.78, 5) is 4.29. The first kappa shape index (κ1) is 15.9. The van der Waals surface area contributed by atoms with Crippen molar-refractivity contribution < 1.29 is 5.11 Å². The van der Waals surface area contributed by atoms with Crippen LogP contribution in [0.1, 0.15) is 37.3 Å². The molecule has 1 heterocycles. The normalized spacial score (nSPS) is 16.9. The second kappa shape index (κ2) is 6.28. The Morgan fingerprint density at radius 1 is 1.39 bits per heavy atom. The number of nitrogens with zero attached hydrogens (tertiary/aromatic N) is 3. The van der Waals surface area contributed by atoms with E-state index >= 15 is 0 Å². The third kappa shape index (κ3) is 2.95. The molecule has 1 aliphatic carbocycles. The maximum absolute atomic E-state index is 8.47. The first-order valence-corrected chi connectivity index (χ1v) is 8.52. The molecule has 1 fully saturated rings. The average Bonchev–Trinajstić information content (AvgIpc) is 2.97. The van der Waals surface area contributed by atoms with Gasteiger partial charge >= 0.3 is 5.90 Å². The molecule has 0 amide bonds. The lowest BCUT2D eigenvalue weighted by atomic mass is 9.63. The second-order valence-electron chi connectivity index (χ2n) is 5.84. The number of aryl methyl sites for hydroxylation is 1. The minimum Gasteiger partial charge on any atom is -0.578 e. The molecule has 3 N–H and O–H groups in total. The van der Waals surface area contributed by atoms with E-state index in [0.29, 0.717) is 5.56 Å². The standard InChI is InChI=1S/C17H19BrN4O/c1-2-22-11-12(10-20-22)15(23)21-16(19)17(8-3-9-17)13-4-6-14(18)7-5-13/h4-7,10-11H,2-3,8-9H2,1H3,(H2,19,21,23)/p+1. The SMILES string of the molecule is CCn1cc(C([OH2+])=NC(=N)C2(c3ccc(Br)cc3)CCC2)cn1. The quantitative estimate of drug-likeness (QED) is 0.496. The number of aliphatic imine (C=N–C) groups is 1. The van der Waals surface area contributed by atoms with Gasteiger partial charge in [-0.1, -0.05) is 34.5 Å². The Morgan fingerprint density at radius 2 is 2.09 bits per heavy atom. The summed E-state index contributed by atoms with van der Waals surface area (Å²) in [6.07, 6.45) is 6.36. The number of hydrogen-bond acceptors (Lipinski definition) is 2. The van der Waals surface area contributed by atoms with Crippen LogP contribution in [0.4, 0.5) is 0 Å². The van der Waals surface area contributed by atoms with E-state index in [1.165, 1.54) is 0 Å². The summed E-state index contributed by atoms with van der Waals surface area (Å²) >= 11 is 3.45. The van der Waals surface area contributed by atoms with Gasteiger partial charge in [-0.25, -0.2) is 0 Å². The number of rotatable bonds is 4. The van der Waals surface area contributed by atoms with Gasteiger partial charge in [0.2, 0.25) is 0 Å². The van der Waals surface area contributed by atoms with Gasteiger partial charge in [0, 0.05) is 17.2 Å². The number of halogens is 1. The molecule has 1 saturated carbocycles. The van der Waals surface area contributed by atoms with Crippen molar-refractivity contribution in [3.8, 4) is 0 Å². The molecule has 0 saturated heterocycles. The molecule has 1 aliphatic rings. The lowest BCUT2D eigenvalue weighted by molar-refractivity contribution is 0.336. The fraction of sp³-hybridized carbons (Fsp3) is 0.353. The molecule has 0 atom stereocenters. The number of benzene rings is 1. The van der Waals surface area contributed by atoms with Crippen molar-refractivity contribution >= 4 is 27.7 Å². The van der Waals surface area contributed by atoms with Gasteiger partial charge < -0.3 is 5.11 Å². The lowest BCUT2D eigenvalue weighted by Crippen LogP contribution is -2.41. The maximum atomic E-state index is 8.47. The van der Waals surface area contributed by atoms with Gasteiger partial charge in [0.25, 0.3) is 0 Å². The number of nitrogens with one attached hydrogen (secondary N) is 1. The van der Waals surface area contributed by atoms with E-state index in [0.717, 1.165) is 35.8 Å². The molecule has 5 nitrogen and oxygen atoms in total. The molecule has 120 valence electrons. The van der Waals surface area contributed by atoms with E-state index in [4.69, 9.17) is 10.5 Å². The van der Waals surface area contributed by atoms with Crippen LogP contribution in [0.25, 0.3) is 0 Å². The summed E-state index contributed by atoms with van der Waals surface area (Å²) in [6.45, 7) is 2.75. The Morgan fingerprint density at radius 3 is 2.61 bits per heavy atom. The van der Waals surface area contributed by atoms with Crippen molar-refractivity contribution in [1.82, 2.24) is 9.78 Å². The van der Waals surface area contributed by atoms with Crippen molar-refractivity contribution in [1.29, 1.82) is 5.41 Å². The molecule has 0 spiro atoms. The molecular weight excluding hydrogens is 356 g/mol. The summed E-state index contributed by atoms with van der Waals surface area (Å²) in [7, 11) is 0. The molecule has 0 aliphatic heterocycles. The van der Waals surface area contributed by atoms with Gasteiger partial charge in [-0.3, -0.25) is 10.1 Å². The van der Waals surface area contributed by atoms with E-state index in [-0.39, 0.29) is 17.1 Å². The Hall–Kier alpha value is -1.95. The molecule has 0 radical (unpaired) electrons. The third-order valence-electron chi connectivity index (χ3n) is 4.51. The van der Waals surface area contributed by atoms with Crippen LogP contribution in [0.15, 0.2) is 46.1 Å². The monoisotopic (exact) mass is 375 g/mol. The zero-order valence-electron chi connectivity index (χ0n) is 13.0. The van der Waals surface area contributed by atoms with Crippen LogP contribution in [0.5, 0.6) is 0 Å². The maximum Gasteiger partial charge on any atom is 0.369 e. The highest BCUT2D eigenvalue weighted by Gasteiger charge is 2.43. The average molecular weight is 376 g/mol. The van der Waals surface area contributed by atoms with E-state index in [1.54, 1.807) is 17.1 Å². The minimum absolute atomic E-state index is 0.109.